The van der Waals surface area contributed by atoms with Crippen LogP contribution in [0.1, 0.15) is 23.6 Å². The Hall–Kier alpha value is -3.37. The Bertz CT molecular complexity index is 1280. The number of benzene rings is 3. The maximum Gasteiger partial charge on any atom is 0.416 e. The molecule has 10 heteroatoms. The number of rotatable bonds is 9. The van der Waals surface area contributed by atoms with Crippen LogP contribution < -0.4 is 14.8 Å². The van der Waals surface area contributed by atoms with Crippen molar-refractivity contribution in [3.05, 3.63) is 89.5 Å². The summed E-state index contributed by atoms with van der Waals surface area (Å²) in [7, 11) is -4.15. The van der Waals surface area contributed by atoms with Gasteiger partial charge in [-0.15, -0.1) is 0 Å². The molecule has 35 heavy (non-hydrogen) atoms. The number of carbonyl (C=O) groups is 1. The van der Waals surface area contributed by atoms with Crippen LogP contribution in [0.15, 0.2) is 77.7 Å². The van der Waals surface area contributed by atoms with E-state index in [4.69, 9.17) is 4.74 Å². The maximum atomic E-state index is 13.1. The third kappa shape index (κ3) is 7.06. The van der Waals surface area contributed by atoms with Crippen molar-refractivity contribution in [2.24, 2.45) is 0 Å². The van der Waals surface area contributed by atoms with Crippen molar-refractivity contribution in [2.75, 3.05) is 11.9 Å². The van der Waals surface area contributed by atoms with Gasteiger partial charge in [-0.05, 0) is 67.8 Å². The van der Waals surface area contributed by atoms with Crippen LogP contribution in [0, 0.1) is 6.92 Å². The molecule has 0 bridgehead atoms. The van der Waals surface area contributed by atoms with E-state index in [0.29, 0.717) is 23.5 Å². The van der Waals surface area contributed by atoms with Crippen LogP contribution in [0.2, 0.25) is 0 Å². The molecule has 1 atom stereocenters. The van der Waals surface area contributed by atoms with E-state index >= 15 is 0 Å². The molecule has 6 nitrogen and oxygen atoms in total. The average molecular weight is 507 g/mol. The summed E-state index contributed by atoms with van der Waals surface area (Å²) >= 11 is 0. The van der Waals surface area contributed by atoms with Crippen molar-refractivity contribution < 1.29 is 31.1 Å². The first-order chi connectivity index (χ1) is 16.5. The molecule has 0 heterocycles. The summed E-state index contributed by atoms with van der Waals surface area (Å²) in [4.78, 5) is 13.0. The number of carbonyl (C=O) groups excluding carboxylic acids is 1. The first kappa shape index (κ1) is 26.2. The van der Waals surface area contributed by atoms with E-state index in [0.717, 1.165) is 18.2 Å². The molecule has 0 aliphatic rings. The largest absolute Gasteiger partial charge is 0.494 e. The number of alkyl halides is 3. The van der Waals surface area contributed by atoms with E-state index in [-0.39, 0.29) is 17.0 Å². The standard InChI is InChI=1S/C25H25F3N2O4S/c1-3-34-23-13-12-21(14-17(23)2)35(32,33)30-22(15-18-8-5-4-6-9-18)24(31)29-20-11-7-10-19(16-20)25(26,27)28/h4-14,16,22,30H,3,15H2,1-2H3,(H,29,31). The number of anilines is 1. The van der Waals surface area contributed by atoms with Gasteiger partial charge in [-0.25, -0.2) is 8.42 Å². The Morgan fingerprint density at radius 2 is 1.71 bits per heavy atom. The minimum atomic E-state index is -4.59. The predicted molar refractivity (Wildman–Crippen MR) is 127 cm³/mol. The van der Waals surface area contributed by atoms with Crippen LogP contribution in [-0.4, -0.2) is 27.0 Å². The lowest BCUT2D eigenvalue weighted by atomic mass is 10.1. The lowest BCUT2D eigenvalue weighted by molar-refractivity contribution is -0.137. The zero-order valence-corrected chi connectivity index (χ0v) is 19.9. The maximum absolute atomic E-state index is 13.1. The van der Waals surface area contributed by atoms with Gasteiger partial charge < -0.3 is 10.1 Å². The number of nitrogens with one attached hydrogen (secondary N) is 2. The fraction of sp³-hybridized carbons (Fsp3) is 0.240. The summed E-state index contributed by atoms with van der Waals surface area (Å²) in [5.74, 6) is -0.256. The number of amides is 1. The molecule has 0 aliphatic heterocycles. The smallest absolute Gasteiger partial charge is 0.416 e. The minimum absolute atomic E-state index is 0.0130. The van der Waals surface area contributed by atoms with Gasteiger partial charge in [0.15, 0.2) is 0 Å². The summed E-state index contributed by atoms with van der Waals surface area (Å²) in [5.41, 5.74) is 0.240. The molecular weight excluding hydrogens is 481 g/mol. The second-order valence-corrected chi connectivity index (χ2v) is 9.51. The van der Waals surface area contributed by atoms with Gasteiger partial charge in [0.1, 0.15) is 11.8 Å². The van der Waals surface area contributed by atoms with Gasteiger partial charge in [-0.1, -0.05) is 36.4 Å². The highest BCUT2D eigenvalue weighted by Gasteiger charge is 2.31. The Balaban J connectivity index is 1.88. The Morgan fingerprint density at radius 1 is 1.00 bits per heavy atom. The fourth-order valence-corrected chi connectivity index (χ4v) is 4.68. The predicted octanol–water partition coefficient (Wildman–Crippen LogP) is 4.94. The molecule has 0 aliphatic carbocycles. The van der Waals surface area contributed by atoms with Gasteiger partial charge in [0, 0.05) is 5.69 Å². The molecular formula is C25H25F3N2O4S. The van der Waals surface area contributed by atoms with E-state index in [9.17, 15) is 26.4 Å². The van der Waals surface area contributed by atoms with E-state index in [1.54, 1.807) is 37.3 Å². The van der Waals surface area contributed by atoms with Crippen LogP contribution >= 0.6 is 0 Å². The van der Waals surface area contributed by atoms with Crippen LogP contribution in [0.5, 0.6) is 5.75 Å². The third-order valence-electron chi connectivity index (χ3n) is 5.11. The Labute approximate surface area is 202 Å². The molecule has 0 saturated carbocycles. The topological polar surface area (TPSA) is 84.5 Å². The van der Waals surface area contributed by atoms with Gasteiger partial charge in [-0.2, -0.15) is 17.9 Å². The van der Waals surface area contributed by atoms with Crippen LogP contribution in [0.25, 0.3) is 0 Å². The molecule has 0 radical (unpaired) electrons. The molecule has 3 rings (SSSR count). The SMILES string of the molecule is CCOc1ccc(S(=O)(=O)NC(Cc2ccccc2)C(=O)Nc2cccc(C(F)(F)F)c2)cc1C. The van der Waals surface area contributed by atoms with E-state index in [1.807, 2.05) is 6.92 Å². The Morgan fingerprint density at radius 3 is 2.34 bits per heavy atom. The fourth-order valence-electron chi connectivity index (χ4n) is 3.40. The highest BCUT2D eigenvalue weighted by Crippen LogP contribution is 2.30. The monoisotopic (exact) mass is 506 g/mol. The van der Waals surface area contributed by atoms with Crippen molar-refractivity contribution in [3.8, 4) is 5.75 Å². The summed E-state index contributed by atoms with van der Waals surface area (Å²) in [6.45, 7) is 3.93. The first-order valence-corrected chi connectivity index (χ1v) is 12.3. The summed E-state index contributed by atoms with van der Waals surface area (Å²) < 4.78 is 73.2. The molecule has 3 aromatic carbocycles. The van der Waals surface area contributed by atoms with Gasteiger partial charge in [0.05, 0.1) is 17.1 Å². The quantitative estimate of drug-likeness (QED) is 0.431. The minimum Gasteiger partial charge on any atom is -0.494 e. The van der Waals surface area contributed by atoms with Crippen LogP contribution in [-0.2, 0) is 27.4 Å². The number of sulfonamides is 1. The summed E-state index contributed by atoms with van der Waals surface area (Å²) in [6.07, 6.45) is -4.60. The van der Waals surface area contributed by atoms with Crippen LogP contribution in [0.4, 0.5) is 18.9 Å². The van der Waals surface area contributed by atoms with Crippen molar-refractivity contribution in [3.63, 3.8) is 0 Å². The van der Waals surface area contributed by atoms with E-state index in [1.165, 1.54) is 24.3 Å². The number of ether oxygens (including phenoxy) is 1. The van der Waals surface area contributed by atoms with Crippen LogP contribution in [0.3, 0.4) is 0 Å². The molecule has 0 aromatic heterocycles. The molecule has 186 valence electrons. The molecule has 1 unspecified atom stereocenters. The molecule has 2 N–H and O–H groups in total. The normalized spacial score (nSPS) is 12.7. The van der Waals surface area contributed by atoms with E-state index < -0.39 is 33.7 Å². The summed E-state index contributed by atoms with van der Waals surface area (Å²) in [5, 5.41) is 2.40. The third-order valence-corrected chi connectivity index (χ3v) is 6.58. The van der Waals surface area contributed by atoms with Gasteiger partial charge in [-0.3, -0.25) is 4.79 Å². The highest BCUT2D eigenvalue weighted by molar-refractivity contribution is 7.89. The van der Waals surface area contributed by atoms with Gasteiger partial charge in [0.2, 0.25) is 15.9 Å². The first-order valence-electron chi connectivity index (χ1n) is 10.8. The zero-order chi connectivity index (χ0) is 25.6. The van der Waals surface area contributed by atoms with Crippen molar-refractivity contribution >= 4 is 21.6 Å². The number of aryl methyl sites for hydroxylation is 1. The molecule has 0 saturated heterocycles. The van der Waals surface area contributed by atoms with Gasteiger partial charge in [0.25, 0.3) is 0 Å². The molecule has 3 aromatic rings. The lowest BCUT2D eigenvalue weighted by Gasteiger charge is -2.20. The number of hydrogen-bond acceptors (Lipinski definition) is 4. The van der Waals surface area contributed by atoms with E-state index in [2.05, 4.69) is 10.0 Å². The molecule has 0 fully saturated rings. The zero-order valence-electron chi connectivity index (χ0n) is 19.1. The Kier molecular flexibility index (Phi) is 8.18. The summed E-state index contributed by atoms with van der Waals surface area (Å²) in [6, 6.07) is 15.9. The molecule has 1 amide bonds. The second kappa shape index (κ2) is 10.9. The lowest BCUT2D eigenvalue weighted by Crippen LogP contribution is -2.45. The number of hydrogen-bond donors (Lipinski definition) is 2. The van der Waals surface area contributed by atoms with Crippen molar-refractivity contribution in [1.82, 2.24) is 4.72 Å². The average Bonchev–Trinajstić information content (AvgIpc) is 2.80. The van der Waals surface area contributed by atoms with Gasteiger partial charge >= 0.3 is 6.18 Å². The number of halogens is 3. The highest BCUT2D eigenvalue weighted by atomic mass is 32.2. The van der Waals surface area contributed by atoms with Crippen molar-refractivity contribution in [2.45, 2.75) is 37.4 Å². The molecule has 0 spiro atoms. The second-order valence-electron chi connectivity index (χ2n) is 7.79. The van der Waals surface area contributed by atoms with Crippen molar-refractivity contribution in [1.29, 1.82) is 0 Å².